The molecule has 7 heteroatoms. The van der Waals surface area contributed by atoms with Gasteiger partial charge in [0.15, 0.2) is 0 Å². The highest BCUT2D eigenvalue weighted by molar-refractivity contribution is 6.32. The monoisotopic (exact) mass is 385 g/mol. The molecule has 1 N–H and O–H groups in total. The molecule has 27 heavy (non-hydrogen) atoms. The maximum Gasteiger partial charge on any atom is 0.249 e. The van der Waals surface area contributed by atoms with Crippen LogP contribution in [-0.4, -0.2) is 50.9 Å². The fourth-order valence-electron chi connectivity index (χ4n) is 2.89. The average Bonchev–Trinajstić information content (AvgIpc) is 2.80. The summed E-state index contributed by atoms with van der Waals surface area (Å²) in [5, 5.41) is 3.27. The fraction of sp³-hybridized carbons (Fsp3) is 0.250. The highest BCUT2D eigenvalue weighted by Gasteiger charge is 2.26. The third-order valence-corrected chi connectivity index (χ3v) is 4.39. The van der Waals surface area contributed by atoms with Crippen molar-refractivity contribution < 1.29 is 14.3 Å². The molecule has 0 spiro atoms. The molecule has 0 fully saturated rings. The van der Waals surface area contributed by atoms with Crippen LogP contribution in [0.15, 0.2) is 53.5 Å². The Labute approximate surface area is 162 Å². The summed E-state index contributed by atoms with van der Waals surface area (Å²) in [5.74, 6) is -0.504. The third kappa shape index (κ3) is 4.53. The van der Waals surface area contributed by atoms with Crippen LogP contribution in [0.25, 0.3) is 0 Å². The van der Waals surface area contributed by atoms with Crippen molar-refractivity contribution in [1.82, 2.24) is 5.32 Å². The highest BCUT2D eigenvalue weighted by Crippen LogP contribution is 2.29. The smallest absolute Gasteiger partial charge is 0.249 e. The second-order valence-corrected chi connectivity index (χ2v) is 6.45. The van der Waals surface area contributed by atoms with E-state index in [2.05, 4.69) is 10.3 Å². The van der Waals surface area contributed by atoms with Crippen LogP contribution in [0.3, 0.4) is 0 Å². The summed E-state index contributed by atoms with van der Waals surface area (Å²) < 4.78 is 4.93. The van der Waals surface area contributed by atoms with Gasteiger partial charge >= 0.3 is 0 Å². The minimum Gasteiger partial charge on any atom is -0.383 e. The van der Waals surface area contributed by atoms with E-state index in [0.717, 1.165) is 11.1 Å². The number of anilines is 1. The number of benzodiazepines with no additional fused rings is 1. The van der Waals surface area contributed by atoms with Gasteiger partial charge in [-0.1, -0.05) is 41.9 Å². The van der Waals surface area contributed by atoms with Gasteiger partial charge in [0.25, 0.3) is 0 Å². The lowest BCUT2D eigenvalue weighted by molar-refractivity contribution is -0.123. The van der Waals surface area contributed by atoms with Crippen LogP contribution in [0.2, 0.25) is 5.02 Å². The lowest BCUT2D eigenvalue weighted by Crippen LogP contribution is -2.42. The first-order valence-corrected chi connectivity index (χ1v) is 8.93. The van der Waals surface area contributed by atoms with Crippen molar-refractivity contribution in [3.05, 3.63) is 64.7 Å². The molecular weight excluding hydrogens is 366 g/mol. The molecular formula is C20H20ClN3O3. The fourth-order valence-corrected chi connectivity index (χ4v) is 3.07. The number of nitrogens with one attached hydrogen (secondary N) is 1. The first-order chi connectivity index (χ1) is 13.1. The van der Waals surface area contributed by atoms with Gasteiger partial charge in [-0.05, 0) is 18.2 Å². The number of hydrogen-bond donors (Lipinski definition) is 1. The zero-order valence-corrected chi connectivity index (χ0v) is 15.7. The quantitative estimate of drug-likeness (QED) is 0.775. The Kier molecular flexibility index (Phi) is 6.21. The molecule has 0 atom stereocenters. The summed E-state index contributed by atoms with van der Waals surface area (Å²) in [6.45, 7) is 0.667. The number of fused-ring (bicyclic) bond motifs is 1. The van der Waals surface area contributed by atoms with Crippen LogP contribution < -0.4 is 10.2 Å². The Bertz CT molecular complexity index is 868. The molecule has 2 aromatic rings. The van der Waals surface area contributed by atoms with Crippen LogP contribution in [0.4, 0.5) is 5.69 Å². The van der Waals surface area contributed by atoms with Crippen molar-refractivity contribution in [3.8, 4) is 0 Å². The van der Waals surface area contributed by atoms with Crippen LogP contribution in [0, 0.1) is 0 Å². The van der Waals surface area contributed by atoms with E-state index in [1.807, 2.05) is 30.3 Å². The van der Waals surface area contributed by atoms with Gasteiger partial charge in [0.05, 0.1) is 18.0 Å². The maximum absolute atomic E-state index is 12.7. The van der Waals surface area contributed by atoms with E-state index in [9.17, 15) is 9.59 Å². The number of rotatable bonds is 6. The van der Waals surface area contributed by atoms with Crippen molar-refractivity contribution in [2.24, 2.45) is 4.99 Å². The predicted molar refractivity (Wildman–Crippen MR) is 106 cm³/mol. The average molecular weight is 386 g/mol. The maximum atomic E-state index is 12.7. The molecule has 1 aliphatic rings. The molecule has 2 aromatic carbocycles. The summed E-state index contributed by atoms with van der Waals surface area (Å²) >= 11 is 6.21. The van der Waals surface area contributed by atoms with E-state index in [1.165, 1.54) is 4.90 Å². The van der Waals surface area contributed by atoms with Crippen molar-refractivity contribution in [2.45, 2.75) is 0 Å². The molecule has 1 aliphatic heterocycles. The predicted octanol–water partition coefficient (Wildman–Crippen LogP) is 2.29. The lowest BCUT2D eigenvalue weighted by Gasteiger charge is -2.22. The van der Waals surface area contributed by atoms with Crippen molar-refractivity contribution >= 4 is 34.8 Å². The zero-order chi connectivity index (χ0) is 19.2. The van der Waals surface area contributed by atoms with Gasteiger partial charge in [-0.2, -0.15) is 0 Å². The molecule has 0 unspecified atom stereocenters. The minimum atomic E-state index is -0.260. The number of methoxy groups -OCH3 is 1. The van der Waals surface area contributed by atoms with Gasteiger partial charge in [-0.3, -0.25) is 14.6 Å². The Morgan fingerprint density at radius 2 is 2.04 bits per heavy atom. The van der Waals surface area contributed by atoms with Crippen molar-refractivity contribution in [1.29, 1.82) is 0 Å². The molecule has 3 rings (SSSR count). The number of carbonyl (C=O) groups excluding carboxylic acids is 2. The van der Waals surface area contributed by atoms with Gasteiger partial charge in [0.1, 0.15) is 13.1 Å². The summed E-state index contributed by atoms with van der Waals surface area (Å²) in [6.07, 6.45) is 0. The molecule has 0 radical (unpaired) electrons. The third-order valence-electron chi connectivity index (χ3n) is 4.16. The molecule has 0 saturated heterocycles. The number of aliphatic imine (C=N–C) groups is 1. The van der Waals surface area contributed by atoms with Crippen LogP contribution >= 0.6 is 11.6 Å². The number of amides is 2. The summed E-state index contributed by atoms with van der Waals surface area (Å²) in [7, 11) is 1.56. The normalized spacial score (nSPS) is 13.6. The number of hydrogen-bond acceptors (Lipinski definition) is 4. The SMILES string of the molecule is COCCNC(=O)CN1C(=O)CN=C(c2ccccc2)c2cc(Cl)ccc21. The number of carbonyl (C=O) groups is 2. The number of ether oxygens (including phenoxy) is 1. The van der Waals surface area contributed by atoms with Crippen LogP contribution in [-0.2, 0) is 14.3 Å². The van der Waals surface area contributed by atoms with E-state index >= 15 is 0 Å². The highest BCUT2D eigenvalue weighted by atomic mass is 35.5. The Balaban J connectivity index is 1.95. The molecule has 6 nitrogen and oxygen atoms in total. The summed E-state index contributed by atoms with van der Waals surface area (Å²) in [4.78, 5) is 30.9. The van der Waals surface area contributed by atoms with Crippen molar-refractivity contribution in [3.63, 3.8) is 0 Å². The molecule has 0 bridgehead atoms. The first kappa shape index (κ1) is 19.1. The molecule has 2 amide bonds. The number of benzene rings is 2. The van der Waals surface area contributed by atoms with E-state index in [-0.39, 0.29) is 24.9 Å². The number of halogens is 1. The second-order valence-electron chi connectivity index (χ2n) is 6.01. The van der Waals surface area contributed by atoms with Crippen LogP contribution in [0.1, 0.15) is 11.1 Å². The molecule has 1 heterocycles. The van der Waals surface area contributed by atoms with E-state index in [0.29, 0.717) is 29.6 Å². The Morgan fingerprint density at radius 3 is 2.78 bits per heavy atom. The standard InChI is InChI=1S/C20H20ClN3O3/c1-27-10-9-22-18(25)13-24-17-8-7-15(21)11-16(17)20(23-12-19(24)26)14-5-3-2-4-6-14/h2-8,11H,9-10,12-13H2,1H3,(H,22,25). The van der Waals surface area contributed by atoms with Gasteiger partial charge in [-0.15, -0.1) is 0 Å². The zero-order valence-electron chi connectivity index (χ0n) is 14.9. The largest absolute Gasteiger partial charge is 0.383 e. The van der Waals surface area contributed by atoms with E-state index < -0.39 is 0 Å². The van der Waals surface area contributed by atoms with E-state index in [4.69, 9.17) is 16.3 Å². The van der Waals surface area contributed by atoms with Gasteiger partial charge in [-0.25, -0.2) is 0 Å². The van der Waals surface area contributed by atoms with Crippen LogP contribution in [0.5, 0.6) is 0 Å². The lowest BCUT2D eigenvalue weighted by atomic mass is 10.00. The molecule has 140 valence electrons. The Hall–Kier alpha value is -2.70. The summed E-state index contributed by atoms with van der Waals surface area (Å²) in [6, 6.07) is 14.8. The second kappa shape index (κ2) is 8.79. The summed E-state index contributed by atoms with van der Waals surface area (Å²) in [5.41, 5.74) is 2.92. The molecule has 0 aliphatic carbocycles. The first-order valence-electron chi connectivity index (χ1n) is 8.56. The van der Waals surface area contributed by atoms with Gasteiger partial charge in [0, 0.05) is 29.8 Å². The van der Waals surface area contributed by atoms with E-state index in [1.54, 1.807) is 25.3 Å². The Morgan fingerprint density at radius 1 is 1.26 bits per heavy atom. The molecule has 0 aromatic heterocycles. The topological polar surface area (TPSA) is 71.0 Å². The van der Waals surface area contributed by atoms with Gasteiger partial charge < -0.3 is 15.0 Å². The minimum absolute atomic E-state index is 0.0398. The number of nitrogens with zero attached hydrogens (tertiary/aromatic N) is 2. The molecule has 0 saturated carbocycles. The van der Waals surface area contributed by atoms with Gasteiger partial charge in [0.2, 0.25) is 11.8 Å². The van der Waals surface area contributed by atoms with Crippen molar-refractivity contribution in [2.75, 3.05) is 38.3 Å².